The van der Waals surface area contributed by atoms with Crippen LogP contribution in [0.25, 0.3) is 0 Å². The Labute approximate surface area is 245 Å². The monoisotopic (exact) mass is 582 g/mol. The summed E-state index contributed by atoms with van der Waals surface area (Å²) in [7, 11) is 1.39. The van der Waals surface area contributed by atoms with Gasteiger partial charge in [-0.05, 0) is 38.8 Å². The summed E-state index contributed by atoms with van der Waals surface area (Å²) < 4.78 is 32.7. The van der Waals surface area contributed by atoms with E-state index >= 15 is 0 Å². The second-order valence-electron chi connectivity index (χ2n) is 9.62. The largest absolute Gasteiger partial charge is 0.493 e. The lowest BCUT2D eigenvalue weighted by molar-refractivity contribution is -0.152. The topological polar surface area (TPSA) is 132 Å². The summed E-state index contributed by atoms with van der Waals surface area (Å²) in [4.78, 5) is 40.8. The molecule has 1 aromatic carbocycles. The summed E-state index contributed by atoms with van der Waals surface area (Å²) in [6, 6.07) is 10.7. The number of allylic oxidation sites excluding steroid dienone is 3. The minimum absolute atomic E-state index is 0.0401. The number of pyridine rings is 1. The van der Waals surface area contributed by atoms with Crippen molar-refractivity contribution >= 4 is 17.8 Å². The molecule has 0 saturated carbocycles. The van der Waals surface area contributed by atoms with E-state index in [9.17, 15) is 14.4 Å². The third-order valence-corrected chi connectivity index (χ3v) is 6.06. The zero-order chi connectivity index (χ0) is 30.3. The molecule has 4 rings (SSSR count). The normalized spacial score (nSPS) is 20.1. The SMILES string of the molecule is COc1ccnc(C(=O)N[C@H]2COCC(OC3=CCCC=C3)CC(C)OC2=O)c1OCOC(C)=O.Cc1ccccc1. The van der Waals surface area contributed by atoms with Crippen LogP contribution in [0.3, 0.4) is 0 Å². The molecule has 1 N–H and O–H groups in total. The lowest BCUT2D eigenvalue weighted by atomic mass is 10.1. The van der Waals surface area contributed by atoms with Gasteiger partial charge in [-0.3, -0.25) is 9.59 Å². The Morgan fingerprint density at radius 2 is 1.90 bits per heavy atom. The fourth-order valence-electron chi connectivity index (χ4n) is 4.03. The number of carbonyl (C=O) groups is 3. The number of carbonyl (C=O) groups excluding carboxylic acids is 3. The molecular formula is C31H38N2O9. The van der Waals surface area contributed by atoms with E-state index in [1.807, 2.05) is 36.4 Å². The quantitative estimate of drug-likeness (QED) is 0.359. The minimum Gasteiger partial charge on any atom is -0.493 e. The Bertz CT molecular complexity index is 1250. The fraction of sp³-hybridized carbons (Fsp3) is 0.419. The molecule has 1 saturated heterocycles. The zero-order valence-electron chi connectivity index (χ0n) is 24.4. The van der Waals surface area contributed by atoms with Crippen LogP contribution in [0.4, 0.5) is 0 Å². The molecule has 0 spiro atoms. The van der Waals surface area contributed by atoms with Gasteiger partial charge in [-0.15, -0.1) is 0 Å². The Morgan fingerprint density at radius 3 is 2.55 bits per heavy atom. The first-order chi connectivity index (χ1) is 20.3. The van der Waals surface area contributed by atoms with Gasteiger partial charge in [0.15, 0.2) is 23.2 Å². The van der Waals surface area contributed by atoms with Crippen LogP contribution in [0.2, 0.25) is 0 Å². The number of aryl methyl sites for hydroxylation is 1. The Balaban J connectivity index is 0.000000603. The number of hydrogen-bond donors (Lipinski definition) is 1. The van der Waals surface area contributed by atoms with Gasteiger partial charge in [-0.2, -0.15) is 0 Å². The lowest BCUT2D eigenvalue weighted by Crippen LogP contribution is -2.45. The van der Waals surface area contributed by atoms with Crippen molar-refractivity contribution in [2.75, 3.05) is 27.1 Å². The van der Waals surface area contributed by atoms with Gasteiger partial charge < -0.3 is 33.7 Å². The van der Waals surface area contributed by atoms with E-state index in [2.05, 4.69) is 29.4 Å². The highest BCUT2D eigenvalue weighted by Crippen LogP contribution is 2.29. The first kappa shape index (κ1) is 32.1. The summed E-state index contributed by atoms with van der Waals surface area (Å²) in [5.74, 6) is -1.00. The minimum atomic E-state index is -1.09. The van der Waals surface area contributed by atoms with Crippen LogP contribution >= 0.6 is 0 Å². The van der Waals surface area contributed by atoms with Gasteiger partial charge >= 0.3 is 11.9 Å². The summed E-state index contributed by atoms with van der Waals surface area (Å²) in [5, 5.41) is 2.58. The predicted octanol–water partition coefficient (Wildman–Crippen LogP) is 4.05. The van der Waals surface area contributed by atoms with Crippen molar-refractivity contribution in [2.24, 2.45) is 0 Å². The molecule has 226 valence electrons. The summed E-state index contributed by atoms with van der Waals surface area (Å²) in [6.07, 6.45) is 8.85. The first-order valence-corrected chi connectivity index (χ1v) is 13.7. The number of benzene rings is 1. The molecule has 42 heavy (non-hydrogen) atoms. The van der Waals surface area contributed by atoms with E-state index in [4.69, 9.17) is 28.4 Å². The van der Waals surface area contributed by atoms with Crippen LogP contribution < -0.4 is 14.8 Å². The highest BCUT2D eigenvalue weighted by Gasteiger charge is 2.31. The summed E-state index contributed by atoms with van der Waals surface area (Å²) >= 11 is 0. The average Bonchev–Trinajstić information content (AvgIpc) is 3.03. The van der Waals surface area contributed by atoms with Crippen molar-refractivity contribution in [1.29, 1.82) is 0 Å². The van der Waals surface area contributed by atoms with Gasteiger partial charge in [0.25, 0.3) is 5.91 Å². The maximum Gasteiger partial charge on any atom is 0.331 e. The number of nitrogens with zero attached hydrogens (tertiary/aromatic N) is 1. The van der Waals surface area contributed by atoms with Crippen molar-refractivity contribution < 1.29 is 42.8 Å². The van der Waals surface area contributed by atoms with E-state index in [-0.39, 0.29) is 36.5 Å². The number of nitrogens with one attached hydrogen (secondary N) is 1. The molecule has 1 amide bonds. The Hall–Kier alpha value is -4.38. The molecule has 1 fully saturated rings. The molecule has 2 unspecified atom stereocenters. The molecule has 11 nitrogen and oxygen atoms in total. The van der Waals surface area contributed by atoms with E-state index in [0.717, 1.165) is 18.6 Å². The van der Waals surface area contributed by atoms with Crippen LogP contribution in [0.1, 0.15) is 49.2 Å². The van der Waals surface area contributed by atoms with E-state index in [1.54, 1.807) is 6.92 Å². The lowest BCUT2D eigenvalue weighted by Gasteiger charge is -2.22. The van der Waals surface area contributed by atoms with Crippen molar-refractivity contribution in [2.45, 2.75) is 58.3 Å². The number of ether oxygens (including phenoxy) is 6. The van der Waals surface area contributed by atoms with Gasteiger partial charge in [0.1, 0.15) is 18.0 Å². The van der Waals surface area contributed by atoms with Crippen molar-refractivity contribution in [3.63, 3.8) is 0 Å². The molecular weight excluding hydrogens is 544 g/mol. The van der Waals surface area contributed by atoms with Gasteiger partial charge in [-0.1, -0.05) is 42.0 Å². The fourth-order valence-corrected chi connectivity index (χ4v) is 4.03. The van der Waals surface area contributed by atoms with Crippen LogP contribution in [0, 0.1) is 6.92 Å². The Morgan fingerprint density at radius 1 is 1.12 bits per heavy atom. The molecule has 3 atom stereocenters. The zero-order valence-corrected chi connectivity index (χ0v) is 24.4. The molecule has 2 aliphatic rings. The molecule has 1 aromatic heterocycles. The molecule has 1 aliphatic carbocycles. The van der Waals surface area contributed by atoms with Crippen molar-refractivity contribution in [1.82, 2.24) is 10.3 Å². The number of amides is 1. The highest BCUT2D eigenvalue weighted by molar-refractivity contribution is 5.98. The predicted molar refractivity (Wildman–Crippen MR) is 153 cm³/mol. The molecule has 2 aromatic rings. The van der Waals surface area contributed by atoms with E-state index in [0.29, 0.717) is 6.42 Å². The molecule has 2 heterocycles. The van der Waals surface area contributed by atoms with E-state index in [1.165, 1.54) is 31.9 Å². The molecule has 1 aliphatic heterocycles. The number of esters is 2. The van der Waals surface area contributed by atoms with Crippen LogP contribution in [0.15, 0.2) is 66.6 Å². The first-order valence-electron chi connectivity index (χ1n) is 13.7. The second kappa shape index (κ2) is 16.8. The van der Waals surface area contributed by atoms with Gasteiger partial charge in [0.2, 0.25) is 6.79 Å². The number of aromatic nitrogens is 1. The number of hydrogen-bond acceptors (Lipinski definition) is 10. The smallest absolute Gasteiger partial charge is 0.331 e. The van der Waals surface area contributed by atoms with Crippen molar-refractivity contribution in [3.8, 4) is 11.5 Å². The average molecular weight is 583 g/mol. The third kappa shape index (κ3) is 10.5. The van der Waals surface area contributed by atoms with Gasteiger partial charge in [-0.25, -0.2) is 9.78 Å². The maximum atomic E-state index is 13.0. The maximum absolute atomic E-state index is 13.0. The molecule has 0 radical (unpaired) electrons. The standard InChI is InChI=1S/C24H30N2O9.C7H8/c1-15-11-18(35-17-7-5-4-6-8-17)12-31-13-19(24(29)34-15)26-23(28)21-22(33-14-32-16(2)27)20(30-3)9-10-25-21;1-7-5-3-2-4-6-7/h5,7-10,15,18-19H,4,6,11-14H2,1-3H3,(H,26,28);2-6H,1H3/t15?,18?,19-;/m0./s1. The second-order valence-corrected chi connectivity index (χ2v) is 9.62. The molecule has 0 bridgehead atoms. The van der Waals surface area contributed by atoms with Gasteiger partial charge in [0, 0.05) is 25.6 Å². The van der Waals surface area contributed by atoms with E-state index < -0.39 is 36.8 Å². The number of rotatable bonds is 8. The van der Waals surface area contributed by atoms with Crippen LogP contribution in [0.5, 0.6) is 11.5 Å². The van der Waals surface area contributed by atoms with Crippen LogP contribution in [-0.2, 0) is 28.5 Å². The van der Waals surface area contributed by atoms with Gasteiger partial charge in [0.05, 0.1) is 20.3 Å². The summed E-state index contributed by atoms with van der Waals surface area (Å²) in [5.41, 5.74) is 1.16. The Kier molecular flexibility index (Phi) is 12.8. The van der Waals surface area contributed by atoms with Crippen LogP contribution in [-0.4, -0.2) is 68.2 Å². The number of methoxy groups -OCH3 is 1. The third-order valence-electron chi connectivity index (χ3n) is 6.06. The molecule has 11 heteroatoms. The number of cyclic esters (lactones) is 1. The summed E-state index contributed by atoms with van der Waals surface area (Å²) in [6.45, 7) is 4.71. The van der Waals surface area contributed by atoms with Crippen molar-refractivity contribution in [3.05, 3.63) is 77.8 Å². The highest BCUT2D eigenvalue weighted by atomic mass is 16.7.